The molecule has 1 aromatic heterocycles. The Morgan fingerprint density at radius 3 is 2.33 bits per heavy atom. The van der Waals surface area contributed by atoms with E-state index in [1.165, 1.54) is 12.1 Å². The Morgan fingerprint density at radius 1 is 1.00 bits per heavy atom. The van der Waals surface area contributed by atoms with E-state index >= 15 is 0 Å². The van der Waals surface area contributed by atoms with Gasteiger partial charge in [0, 0.05) is 24.8 Å². The molecule has 0 saturated heterocycles. The van der Waals surface area contributed by atoms with Crippen molar-refractivity contribution in [3.63, 3.8) is 0 Å². The van der Waals surface area contributed by atoms with Gasteiger partial charge in [0.15, 0.2) is 5.75 Å². The second-order valence-electron chi connectivity index (χ2n) is 6.21. The predicted molar refractivity (Wildman–Crippen MR) is 102 cm³/mol. The maximum atomic E-state index is 13.0. The van der Waals surface area contributed by atoms with Gasteiger partial charge in [-0.3, -0.25) is 4.79 Å². The van der Waals surface area contributed by atoms with Gasteiger partial charge < -0.3 is 15.4 Å². The molecule has 0 atom stereocenters. The quantitative estimate of drug-likeness (QED) is 0.606. The Kier molecular flexibility index (Phi) is 5.43. The van der Waals surface area contributed by atoms with Crippen molar-refractivity contribution in [1.29, 1.82) is 0 Å². The largest absolute Gasteiger partial charge is 0.503 e. The minimum absolute atomic E-state index is 0.0328. The molecular formula is C20H20N2O4S. The zero-order valence-corrected chi connectivity index (χ0v) is 15.6. The molecule has 0 amide bonds. The molecule has 7 heteroatoms. The first kappa shape index (κ1) is 18.9. The summed E-state index contributed by atoms with van der Waals surface area (Å²) in [5, 5.41) is 13.3. The molecule has 0 aliphatic heterocycles. The molecule has 0 unspecified atom stereocenters. The number of rotatable bonds is 6. The third kappa shape index (κ3) is 4.10. The molecule has 0 saturated carbocycles. The minimum atomic E-state index is -3.89. The number of aryl methyl sites for hydroxylation is 1. The van der Waals surface area contributed by atoms with Crippen molar-refractivity contribution in [2.45, 2.75) is 29.8 Å². The van der Waals surface area contributed by atoms with Crippen molar-refractivity contribution in [3.8, 4) is 5.75 Å². The lowest BCUT2D eigenvalue weighted by Crippen LogP contribution is -2.20. The van der Waals surface area contributed by atoms with Crippen molar-refractivity contribution < 1.29 is 13.5 Å². The molecule has 27 heavy (non-hydrogen) atoms. The Labute approximate surface area is 157 Å². The van der Waals surface area contributed by atoms with E-state index in [9.17, 15) is 18.3 Å². The Bertz CT molecular complexity index is 1090. The van der Waals surface area contributed by atoms with Crippen LogP contribution in [0, 0.1) is 6.92 Å². The lowest BCUT2D eigenvalue weighted by atomic mass is 10.2. The SMILES string of the molecule is Cc1ccc(S(=O)(=O)c2c[nH]c(=O)c(O)c2CNCc2ccccc2)cc1. The topological polar surface area (TPSA) is 99.3 Å². The number of pyridine rings is 1. The maximum absolute atomic E-state index is 13.0. The van der Waals surface area contributed by atoms with Crippen LogP contribution in [0.2, 0.25) is 0 Å². The molecule has 6 nitrogen and oxygen atoms in total. The van der Waals surface area contributed by atoms with Gasteiger partial charge in [-0.15, -0.1) is 0 Å². The number of H-pyrrole nitrogens is 1. The second kappa shape index (κ2) is 7.77. The average Bonchev–Trinajstić information content (AvgIpc) is 2.66. The van der Waals surface area contributed by atoms with E-state index in [0.717, 1.165) is 17.3 Å². The highest BCUT2D eigenvalue weighted by molar-refractivity contribution is 7.91. The number of nitrogens with one attached hydrogen (secondary N) is 2. The Balaban J connectivity index is 1.95. The van der Waals surface area contributed by atoms with E-state index < -0.39 is 21.1 Å². The molecule has 0 fully saturated rings. The van der Waals surface area contributed by atoms with Crippen LogP contribution < -0.4 is 10.9 Å². The summed E-state index contributed by atoms with van der Waals surface area (Å²) in [6, 6.07) is 16.0. The van der Waals surface area contributed by atoms with Gasteiger partial charge in [-0.2, -0.15) is 0 Å². The standard InChI is InChI=1S/C20H20N2O4S/c1-14-7-9-16(10-8-14)27(25,26)18-13-22-20(24)19(23)17(18)12-21-11-15-5-3-2-4-6-15/h2-10,13,21,23H,11-12H2,1H3,(H,22,24). The summed E-state index contributed by atoms with van der Waals surface area (Å²) in [6.45, 7) is 2.36. The van der Waals surface area contributed by atoms with Gasteiger partial charge in [0.2, 0.25) is 9.84 Å². The molecule has 0 radical (unpaired) electrons. The van der Waals surface area contributed by atoms with Crippen molar-refractivity contribution in [2.24, 2.45) is 0 Å². The lowest BCUT2D eigenvalue weighted by Gasteiger charge is -2.13. The Hall–Kier alpha value is -2.90. The number of aromatic hydroxyl groups is 1. The molecule has 2 aromatic carbocycles. The molecule has 0 aliphatic carbocycles. The maximum Gasteiger partial charge on any atom is 0.290 e. The van der Waals surface area contributed by atoms with Crippen molar-refractivity contribution >= 4 is 9.84 Å². The highest BCUT2D eigenvalue weighted by Crippen LogP contribution is 2.27. The van der Waals surface area contributed by atoms with Gasteiger partial charge in [0.25, 0.3) is 5.56 Å². The van der Waals surface area contributed by atoms with E-state index in [2.05, 4.69) is 10.3 Å². The number of benzene rings is 2. The molecule has 3 aromatic rings. The van der Waals surface area contributed by atoms with Crippen LogP contribution in [0.4, 0.5) is 0 Å². The number of sulfone groups is 1. The summed E-state index contributed by atoms with van der Waals surface area (Å²) in [4.78, 5) is 14.1. The average molecular weight is 384 g/mol. The number of aromatic amines is 1. The zero-order valence-electron chi connectivity index (χ0n) is 14.8. The van der Waals surface area contributed by atoms with Gasteiger partial charge in [0.1, 0.15) is 0 Å². The van der Waals surface area contributed by atoms with Crippen LogP contribution in [-0.2, 0) is 22.9 Å². The van der Waals surface area contributed by atoms with Crippen LogP contribution in [0.3, 0.4) is 0 Å². The summed E-state index contributed by atoms with van der Waals surface area (Å²) in [5.41, 5.74) is 1.26. The monoisotopic (exact) mass is 384 g/mol. The van der Waals surface area contributed by atoms with Crippen LogP contribution in [0.5, 0.6) is 5.75 Å². The fraction of sp³-hybridized carbons (Fsp3) is 0.150. The molecular weight excluding hydrogens is 364 g/mol. The first-order chi connectivity index (χ1) is 12.9. The molecule has 3 rings (SSSR count). The summed E-state index contributed by atoms with van der Waals surface area (Å²) in [5.74, 6) is -0.594. The van der Waals surface area contributed by atoms with Crippen LogP contribution in [0.15, 0.2) is 75.4 Å². The predicted octanol–water partition coefficient (Wildman–Crippen LogP) is 2.51. The highest BCUT2D eigenvalue weighted by Gasteiger charge is 2.24. The van der Waals surface area contributed by atoms with Gasteiger partial charge in [-0.25, -0.2) is 8.42 Å². The van der Waals surface area contributed by atoms with Crippen LogP contribution in [-0.4, -0.2) is 18.5 Å². The first-order valence-electron chi connectivity index (χ1n) is 8.39. The van der Waals surface area contributed by atoms with Gasteiger partial charge in [-0.05, 0) is 24.6 Å². The fourth-order valence-electron chi connectivity index (χ4n) is 2.72. The van der Waals surface area contributed by atoms with E-state index in [0.29, 0.717) is 6.54 Å². The molecule has 0 aliphatic rings. The first-order valence-corrected chi connectivity index (χ1v) is 9.88. The van der Waals surface area contributed by atoms with Crippen molar-refractivity contribution in [3.05, 3.63) is 87.8 Å². The summed E-state index contributed by atoms with van der Waals surface area (Å²) < 4.78 is 26.0. The highest BCUT2D eigenvalue weighted by atomic mass is 32.2. The Morgan fingerprint density at radius 2 is 1.67 bits per heavy atom. The normalized spacial score (nSPS) is 11.4. The van der Waals surface area contributed by atoms with Crippen molar-refractivity contribution in [1.82, 2.24) is 10.3 Å². The van der Waals surface area contributed by atoms with Gasteiger partial charge in [-0.1, -0.05) is 48.0 Å². The second-order valence-corrected chi connectivity index (χ2v) is 8.13. The van der Waals surface area contributed by atoms with Crippen molar-refractivity contribution in [2.75, 3.05) is 0 Å². The number of hydrogen-bond donors (Lipinski definition) is 3. The molecule has 1 heterocycles. The fourth-order valence-corrected chi connectivity index (χ4v) is 4.18. The lowest BCUT2D eigenvalue weighted by molar-refractivity contribution is 0.451. The number of aromatic nitrogens is 1. The minimum Gasteiger partial charge on any atom is -0.503 e. The summed E-state index contributed by atoms with van der Waals surface area (Å²) >= 11 is 0. The van der Waals surface area contributed by atoms with Crippen LogP contribution in [0.1, 0.15) is 16.7 Å². The van der Waals surface area contributed by atoms with E-state index in [1.807, 2.05) is 37.3 Å². The molecule has 140 valence electrons. The number of hydrogen-bond acceptors (Lipinski definition) is 5. The van der Waals surface area contributed by atoms with E-state index in [4.69, 9.17) is 0 Å². The van der Waals surface area contributed by atoms with E-state index in [1.54, 1.807) is 12.1 Å². The summed E-state index contributed by atoms with van der Waals surface area (Å²) in [6.07, 6.45) is 1.14. The van der Waals surface area contributed by atoms with Crippen LogP contribution in [0.25, 0.3) is 0 Å². The smallest absolute Gasteiger partial charge is 0.290 e. The van der Waals surface area contributed by atoms with Gasteiger partial charge in [0.05, 0.1) is 9.79 Å². The third-order valence-electron chi connectivity index (χ3n) is 4.23. The third-order valence-corrected chi connectivity index (χ3v) is 6.06. The molecule has 3 N–H and O–H groups in total. The summed E-state index contributed by atoms with van der Waals surface area (Å²) in [7, 11) is -3.89. The van der Waals surface area contributed by atoms with Crippen LogP contribution >= 0.6 is 0 Å². The zero-order chi connectivity index (χ0) is 19.4. The van der Waals surface area contributed by atoms with Gasteiger partial charge >= 0.3 is 0 Å². The van der Waals surface area contributed by atoms with E-state index in [-0.39, 0.29) is 21.9 Å². The molecule has 0 spiro atoms. The molecule has 0 bridgehead atoms.